The standard InChI is InChI=1S/C22H25NO5/c1-13(2)21(19(24)11-20(25)26)23-22(27)28-12-18-16-9-5-3-7-14(16)15-8-4-6-10-17(15)18/h3-10,13,18-19,21,24H,11-12H2,1-2H3,(H,23,27)(H,25,26)/t19-,21+/m1/s1. The second-order valence-corrected chi connectivity index (χ2v) is 7.40. The third-order valence-corrected chi connectivity index (χ3v) is 5.14. The van der Waals surface area contributed by atoms with E-state index in [4.69, 9.17) is 9.84 Å². The highest BCUT2D eigenvalue weighted by Crippen LogP contribution is 2.44. The van der Waals surface area contributed by atoms with Gasteiger partial charge in [-0.3, -0.25) is 4.79 Å². The summed E-state index contributed by atoms with van der Waals surface area (Å²) in [6.45, 7) is 3.78. The Hall–Kier alpha value is -2.86. The van der Waals surface area contributed by atoms with Gasteiger partial charge < -0.3 is 20.3 Å². The van der Waals surface area contributed by atoms with E-state index < -0.39 is 30.6 Å². The first kappa shape index (κ1) is 19.9. The van der Waals surface area contributed by atoms with Gasteiger partial charge in [0.05, 0.1) is 18.6 Å². The molecule has 3 rings (SSSR count). The second-order valence-electron chi connectivity index (χ2n) is 7.40. The zero-order valence-corrected chi connectivity index (χ0v) is 16.0. The fraction of sp³-hybridized carbons (Fsp3) is 0.364. The van der Waals surface area contributed by atoms with Crippen molar-refractivity contribution in [2.75, 3.05) is 6.61 Å². The van der Waals surface area contributed by atoms with Crippen molar-refractivity contribution in [2.45, 2.75) is 38.3 Å². The van der Waals surface area contributed by atoms with Crippen molar-refractivity contribution in [1.29, 1.82) is 0 Å². The third kappa shape index (κ3) is 4.17. The maximum Gasteiger partial charge on any atom is 0.407 e. The second kappa shape index (κ2) is 8.44. The number of hydrogen-bond donors (Lipinski definition) is 3. The number of nitrogens with one attached hydrogen (secondary N) is 1. The highest BCUT2D eigenvalue weighted by Gasteiger charge is 2.30. The maximum atomic E-state index is 12.3. The van der Waals surface area contributed by atoms with Crippen LogP contribution in [0.15, 0.2) is 48.5 Å². The van der Waals surface area contributed by atoms with Crippen LogP contribution in [0.3, 0.4) is 0 Å². The van der Waals surface area contributed by atoms with E-state index in [0.717, 1.165) is 22.3 Å². The van der Waals surface area contributed by atoms with Gasteiger partial charge in [0.15, 0.2) is 0 Å². The van der Waals surface area contributed by atoms with Gasteiger partial charge in [-0.05, 0) is 28.2 Å². The lowest BCUT2D eigenvalue weighted by Gasteiger charge is -2.26. The summed E-state index contributed by atoms with van der Waals surface area (Å²) in [5.41, 5.74) is 4.51. The first-order valence-electron chi connectivity index (χ1n) is 9.39. The molecule has 0 fully saturated rings. The first-order valence-corrected chi connectivity index (χ1v) is 9.39. The molecule has 6 heteroatoms. The summed E-state index contributed by atoms with van der Waals surface area (Å²) in [7, 11) is 0. The lowest BCUT2D eigenvalue weighted by atomic mass is 9.96. The molecule has 2 aromatic rings. The number of ether oxygens (including phenoxy) is 1. The van der Waals surface area contributed by atoms with E-state index in [9.17, 15) is 14.7 Å². The predicted octanol–water partition coefficient (Wildman–Crippen LogP) is 3.39. The first-order chi connectivity index (χ1) is 13.4. The van der Waals surface area contributed by atoms with Gasteiger partial charge in [0, 0.05) is 5.92 Å². The average molecular weight is 383 g/mol. The molecule has 0 radical (unpaired) electrons. The number of hydrogen-bond acceptors (Lipinski definition) is 4. The number of carboxylic acids is 1. The number of benzene rings is 2. The van der Waals surface area contributed by atoms with Crippen LogP contribution in [0.2, 0.25) is 0 Å². The van der Waals surface area contributed by atoms with Crippen molar-refractivity contribution < 1.29 is 24.5 Å². The van der Waals surface area contributed by atoms with Gasteiger partial charge in [0.1, 0.15) is 6.61 Å². The van der Waals surface area contributed by atoms with Gasteiger partial charge in [-0.2, -0.15) is 0 Å². The molecular weight excluding hydrogens is 358 g/mol. The number of aliphatic hydroxyl groups is 1. The summed E-state index contributed by atoms with van der Waals surface area (Å²) >= 11 is 0. The number of amides is 1. The highest BCUT2D eigenvalue weighted by molar-refractivity contribution is 5.79. The predicted molar refractivity (Wildman–Crippen MR) is 105 cm³/mol. The molecule has 0 saturated carbocycles. The summed E-state index contributed by atoms with van der Waals surface area (Å²) in [5, 5.41) is 21.6. The van der Waals surface area contributed by atoms with Crippen LogP contribution in [0, 0.1) is 5.92 Å². The zero-order chi connectivity index (χ0) is 20.3. The molecule has 6 nitrogen and oxygen atoms in total. The van der Waals surface area contributed by atoms with Gasteiger partial charge in [0.2, 0.25) is 0 Å². The van der Waals surface area contributed by atoms with Crippen molar-refractivity contribution in [1.82, 2.24) is 5.32 Å². The third-order valence-electron chi connectivity index (χ3n) is 5.14. The molecule has 0 heterocycles. The maximum absolute atomic E-state index is 12.3. The van der Waals surface area contributed by atoms with E-state index in [0.29, 0.717) is 0 Å². The quantitative estimate of drug-likeness (QED) is 0.681. The Morgan fingerprint density at radius 1 is 1.04 bits per heavy atom. The van der Waals surface area contributed by atoms with Gasteiger partial charge in [0.25, 0.3) is 0 Å². The molecule has 148 valence electrons. The van der Waals surface area contributed by atoms with E-state index in [2.05, 4.69) is 17.4 Å². The molecule has 3 N–H and O–H groups in total. The number of carbonyl (C=O) groups is 2. The lowest BCUT2D eigenvalue weighted by Crippen LogP contribution is -2.47. The number of alkyl carbamates (subject to hydrolysis) is 1. The van der Waals surface area contributed by atoms with Crippen molar-refractivity contribution in [3.05, 3.63) is 59.7 Å². The Balaban J connectivity index is 1.68. The Bertz CT molecular complexity index is 818. The fourth-order valence-electron chi connectivity index (χ4n) is 3.79. The van der Waals surface area contributed by atoms with E-state index in [1.807, 2.05) is 36.4 Å². The molecule has 0 spiro atoms. The molecule has 0 bridgehead atoms. The molecule has 0 unspecified atom stereocenters. The number of aliphatic carboxylic acids is 1. The molecule has 0 aliphatic heterocycles. The van der Waals surface area contributed by atoms with E-state index >= 15 is 0 Å². The highest BCUT2D eigenvalue weighted by atomic mass is 16.5. The molecule has 1 amide bonds. The normalized spacial score (nSPS) is 14.9. The minimum Gasteiger partial charge on any atom is -0.481 e. The fourth-order valence-corrected chi connectivity index (χ4v) is 3.79. The van der Waals surface area contributed by atoms with Crippen LogP contribution in [-0.4, -0.2) is 41.0 Å². The van der Waals surface area contributed by atoms with Crippen LogP contribution in [-0.2, 0) is 9.53 Å². The van der Waals surface area contributed by atoms with E-state index in [1.54, 1.807) is 13.8 Å². The Morgan fingerprint density at radius 3 is 2.07 bits per heavy atom. The molecule has 1 aliphatic rings. The number of fused-ring (bicyclic) bond motifs is 3. The van der Waals surface area contributed by atoms with Crippen molar-refractivity contribution in [2.24, 2.45) is 5.92 Å². The van der Waals surface area contributed by atoms with Crippen molar-refractivity contribution >= 4 is 12.1 Å². The smallest absolute Gasteiger partial charge is 0.407 e. The minimum absolute atomic E-state index is 0.0559. The van der Waals surface area contributed by atoms with Crippen molar-refractivity contribution in [3.8, 4) is 11.1 Å². The van der Waals surface area contributed by atoms with Gasteiger partial charge in [-0.15, -0.1) is 0 Å². The Morgan fingerprint density at radius 2 is 1.57 bits per heavy atom. The minimum atomic E-state index is -1.18. The number of carboxylic acid groups (broad SMARTS) is 1. The summed E-state index contributed by atoms with van der Waals surface area (Å²) < 4.78 is 5.47. The molecule has 28 heavy (non-hydrogen) atoms. The van der Waals surface area contributed by atoms with Crippen LogP contribution in [0.4, 0.5) is 4.79 Å². The molecule has 0 aromatic heterocycles. The zero-order valence-electron chi connectivity index (χ0n) is 16.0. The van der Waals surface area contributed by atoms with Crippen LogP contribution >= 0.6 is 0 Å². The lowest BCUT2D eigenvalue weighted by molar-refractivity contribution is -0.139. The number of carbonyl (C=O) groups excluding carboxylic acids is 1. The summed E-state index contributed by atoms with van der Waals surface area (Å²) in [6.07, 6.45) is -2.28. The van der Waals surface area contributed by atoms with E-state index in [-0.39, 0.29) is 18.4 Å². The van der Waals surface area contributed by atoms with Gasteiger partial charge in [-0.1, -0.05) is 62.4 Å². The summed E-state index contributed by atoms with van der Waals surface area (Å²) in [4.78, 5) is 23.2. The molecule has 1 aliphatic carbocycles. The van der Waals surface area contributed by atoms with Gasteiger partial charge >= 0.3 is 12.1 Å². The molecule has 2 atom stereocenters. The number of aliphatic hydroxyl groups excluding tert-OH is 1. The van der Waals surface area contributed by atoms with Crippen LogP contribution in [0.5, 0.6) is 0 Å². The molecule has 0 saturated heterocycles. The monoisotopic (exact) mass is 383 g/mol. The van der Waals surface area contributed by atoms with Crippen LogP contribution in [0.25, 0.3) is 11.1 Å². The topological polar surface area (TPSA) is 95.9 Å². The van der Waals surface area contributed by atoms with Crippen molar-refractivity contribution in [3.63, 3.8) is 0 Å². The average Bonchev–Trinajstić information content (AvgIpc) is 2.97. The summed E-state index contributed by atoms with van der Waals surface area (Å²) in [6, 6.07) is 15.4. The van der Waals surface area contributed by atoms with Crippen LogP contribution < -0.4 is 5.32 Å². The van der Waals surface area contributed by atoms with E-state index in [1.165, 1.54) is 0 Å². The summed E-state index contributed by atoms with van der Waals surface area (Å²) in [5.74, 6) is -1.32. The largest absolute Gasteiger partial charge is 0.481 e. The van der Waals surface area contributed by atoms with Gasteiger partial charge in [-0.25, -0.2) is 4.79 Å². The Labute approximate surface area is 164 Å². The number of rotatable bonds is 7. The molecular formula is C22H25NO5. The SMILES string of the molecule is CC(C)[C@H](NC(=O)OCC1c2ccccc2-c2ccccc21)[C@H](O)CC(=O)O. The van der Waals surface area contributed by atoms with Crippen LogP contribution in [0.1, 0.15) is 37.3 Å². The Kier molecular flexibility index (Phi) is 5.99. The molecule has 2 aromatic carbocycles.